The molecule has 0 unspecified atom stereocenters. The number of hydrogen-bond donors (Lipinski definition) is 1. The Morgan fingerprint density at radius 2 is 1.91 bits per heavy atom. The Bertz CT molecular complexity index is 566. The Morgan fingerprint density at radius 3 is 2.52 bits per heavy atom. The number of piperidine rings is 1. The van der Waals surface area contributed by atoms with Crippen LogP contribution in [-0.4, -0.2) is 35.6 Å². The summed E-state index contributed by atoms with van der Waals surface area (Å²) < 4.78 is 6.35. The van der Waals surface area contributed by atoms with Crippen LogP contribution in [0.1, 0.15) is 33.6 Å². The molecular formula is C17H23BrN2O3. The van der Waals surface area contributed by atoms with Gasteiger partial charge < -0.3 is 15.0 Å². The molecule has 6 heteroatoms. The van der Waals surface area contributed by atoms with Gasteiger partial charge in [-0.15, -0.1) is 0 Å². The average molecular weight is 383 g/mol. The Labute approximate surface area is 145 Å². The number of amides is 2. The van der Waals surface area contributed by atoms with E-state index in [1.54, 1.807) is 4.90 Å². The van der Waals surface area contributed by atoms with Crippen LogP contribution >= 0.6 is 15.9 Å². The summed E-state index contributed by atoms with van der Waals surface area (Å²) in [4.78, 5) is 26.2. The molecule has 1 aliphatic heterocycles. The van der Waals surface area contributed by atoms with Crippen LogP contribution in [0.15, 0.2) is 28.7 Å². The lowest BCUT2D eigenvalue weighted by molar-refractivity contribution is -0.121. The second-order valence-corrected chi connectivity index (χ2v) is 7.68. The topological polar surface area (TPSA) is 58.6 Å². The van der Waals surface area contributed by atoms with Crippen molar-refractivity contribution in [2.45, 2.75) is 39.2 Å². The van der Waals surface area contributed by atoms with E-state index in [9.17, 15) is 9.59 Å². The molecule has 1 fully saturated rings. The molecule has 0 bridgehead atoms. The van der Waals surface area contributed by atoms with Crippen molar-refractivity contribution >= 4 is 33.6 Å². The first-order valence-corrected chi connectivity index (χ1v) is 8.58. The van der Waals surface area contributed by atoms with Crippen LogP contribution < -0.4 is 5.32 Å². The number of likely N-dealkylation sites (tertiary alicyclic amines) is 1. The van der Waals surface area contributed by atoms with Crippen molar-refractivity contribution in [1.82, 2.24) is 4.90 Å². The van der Waals surface area contributed by atoms with Gasteiger partial charge in [0.1, 0.15) is 5.60 Å². The number of rotatable bonds is 2. The first kappa shape index (κ1) is 17.8. The average Bonchev–Trinajstić information content (AvgIpc) is 2.48. The fourth-order valence-corrected chi connectivity index (χ4v) is 2.73. The summed E-state index contributed by atoms with van der Waals surface area (Å²) in [6, 6.07) is 7.44. The van der Waals surface area contributed by atoms with Crippen molar-refractivity contribution in [1.29, 1.82) is 0 Å². The molecule has 0 aliphatic carbocycles. The quantitative estimate of drug-likeness (QED) is 0.839. The lowest BCUT2D eigenvalue weighted by atomic mass is 9.97. The molecule has 1 N–H and O–H groups in total. The summed E-state index contributed by atoms with van der Waals surface area (Å²) >= 11 is 3.37. The Kier molecular flexibility index (Phi) is 5.68. The molecule has 1 saturated heterocycles. The fourth-order valence-electron chi connectivity index (χ4n) is 2.46. The molecule has 1 aliphatic rings. The van der Waals surface area contributed by atoms with Gasteiger partial charge in [0, 0.05) is 23.2 Å². The third-order valence-electron chi connectivity index (χ3n) is 3.56. The van der Waals surface area contributed by atoms with E-state index in [4.69, 9.17) is 4.74 Å². The maximum Gasteiger partial charge on any atom is 0.410 e. The monoisotopic (exact) mass is 382 g/mol. The Balaban J connectivity index is 1.93. The van der Waals surface area contributed by atoms with Crippen molar-refractivity contribution in [3.8, 4) is 0 Å². The van der Waals surface area contributed by atoms with Gasteiger partial charge in [-0.05, 0) is 57.9 Å². The number of nitrogens with one attached hydrogen (secondary N) is 1. The summed E-state index contributed by atoms with van der Waals surface area (Å²) in [5, 5.41) is 2.91. The van der Waals surface area contributed by atoms with Gasteiger partial charge in [0.25, 0.3) is 0 Å². The summed E-state index contributed by atoms with van der Waals surface area (Å²) in [6.07, 6.45) is 1.23. The van der Waals surface area contributed by atoms with Crippen LogP contribution in [0.3, 0.4) is 0 Å². The maximum atomic E-state index is 12.4. The zero-order valence-corrected chi connectivity index (χ0v) is 15.4. The zero-order chi connectivity index (χ0) is 17.0. The van der Waals surface area contributed by atoms with Gasteiger partial charge in [-0.3, -0.25) is 4.79 Å². The molecular weight excluding hydrogens is 360 g/mol. The molecule has 2 amide bonds. The minimum absolute atomic E-state index is 0.0550. The Hall–Kier alpha value is -1.56. The number of benzene rings is 1. The minimum atomic E-state index is -0.524. The number of hydrogen-bond acceptors (Lipinski definition) is 3. The van der Waals surface area contributed by atoms with E-state index in [0.29, 0.717) is 13.1 Å². The number of ether oxygens (including phenoxy) is 1. The van der Waals surface area contributed by atoms with Crippen LogP contribution in [0.2, 0.25) is 0 Å². The molecule has 1 atom stereocenters. The number of carbonyl (C=O) groups is 2. The van der Waals surface area contributed by atoms with Crippen molar-refractivity contribution < 1.29 is 14.3 Å². The number of nitrogens with zero attached hydrogens (tertiary/aromatic N) is 1. The molecule has 0 aromatic heterocycles. The van der Waals surface area contributed by atoms with Gasteiger partial charge in [-0.2, -0.15) is 0 Å². The van der Waals surface area contributed by atoms with E-state index in [-0.39, 0.29) is 17.9 Å². The predicted molar refractivity (Wildman–Crippen MR) is 93.3 cm³/mol. The van der Waals surface area contributed by atoms with Crippen LogP contribution in [0.4, 0.5) is 10.5 Å². The van der Waals surface area contributed by atoms with Crippen LogP contribution in [0.25, 0.3) is 0 Å². The molecule has 5 nitrogen and oxygen atoms in total. The van der Waals surface area contributed by atoms with Crippen molar-refractivity contribution in [3.05, 3.63) is 28.7 Å². The molecule has 1 aromatic carbocycles. The summed E-state index contributed by atoms with van der Waals surface area (Å²) in [7, 11) is 0. The van der Waals surface area contributed by atoms with E-state index in [1.807, 2.05) is 45.0 Å². The van der Waals surface area contributed by atoms with Crippen LogP contribution in [-0.2, 0) is 9.53 Å². The number of carbonyl (C=O) groups excluding carboxylic acids is 2. The summed E-state index contributed by atoms with van der Waals surface area (Å²) in [5.41, 5.74) is 0.233. The fraction of sp³-hybridized carbons (Fsp3) is 0.529. The van der Waals surface area contributed by atoms with E-state index in [2.05, 4.69) is 21.2 Å². The van der Waals surface area contributed by atoms with Gasteiger partial charge in [0.2, 0.25) is 5.91 Å². The smallest absolute Gasteiger partial charge is 0.410 e. The lowest BCUT2D eigenvalue weighted by Gasteiger charge is -2.33. The number of halogens is 1. The highest BCUT2D eigenvalue weighted by Gasteiger charge is 2.31. The molecule has 0 radical (unpaired) electrons. The highest BCUT2D eigenvalue weighted by Crippen LogP contribution is 2.21. The van der Waals surface area contributed by atoms with Gasteiger partial charge in [-0.25, -0.2) is 4.79 Å². The molecule has 126 valence electrons. The highest BCUT2D eigenvalue weighted by molar-refractivity contribution is 9.10. The van der Waals surface area contributed by atoms with Gasteiger partial charge in [-0.1, -0.05) is 15.9 Å². The third kappa shape index (κ3) is 5.53. The van der Waals surface area contributed by atoms with Crippen LogP contribution in [0, 0.1) is 5.92 Å². The van der Waals surface area contributed by atoms with E-state index in [0.717, 1.165) is 23.0 Å². The van der Waals surface area contributed by atoms with Crippen LogP contribution in [0.5, 0.6) is 0 Å². The second-order valence-electron chi connectivity index (χ2n) is 6.76. The largest absolute Gasteiger partial charge is 0.444 e. The predicted octanol–water partition coefficient (Wildman–Crippen LogP) is 4.03. The highest BCUT2D eigenvalue weighted by atomic mass is 79.9. The SMILES string of the molecule is CC(C)(C)OC(=O)N1CCC[C@H](C(=O)Nc2ccc(Br)cc2)C1. The molecule has 0 spiro atoms. The number of anilines is 1. The first-order chi connectivity index (χ1) is 10.7. The third-order valence-corrected chi connectivity index (χ3v) is 4.08. The molecule has 23 heavy (non-hydrogen) atoms. The summed E-state index contributed by atoms with van der Waals surface area (Å²) in [5.74, 6) is -0.263. The summed E-state index contributed by atoms with van der Waals surface area (Å²) in [6.45, 7) is 6.56. The van der Waals surface area contributed by atoms with Crippen molar-refractivity contribution in [2.75, 3.05) is 18.4 Å². The molecule has 1 heterocycles. The van der Waals surface area contributed by atoms with E-state index in [1.165, 1.54) is 0 Å². The van der Waals surface area contributed by atoms with E-state index >= 15 is 0 Å². The normalized spacial score (nSPS) is 18.4. The van der Waals surface area contributed by atoms with E-state index < -0.39 is 5.60 Å². The van der Waals surface area contributed by atoms with Gasteiger partial charge in [0.15, 0.2) is 0 Å². The van der Waals surface area contributed by atoms with Crippen molar-refractivity contribution in [2.24, 2.45) is 5.92 Å². The standard InChI is InChI=1S/C17H23BrN2O3/c1-17(2,3)23-16(22)20-10-4-5-12(11-20)15(21)19-14-8-6-13(18)7-9-14/h6-9,12H,4-5,10-11H2,1-3H3,(H,19,21)/t12-/m0/s1. The second kappa shape index (κ2) is 7.34. The first-order valence-electron chi connectivity index (χ1n) is 7.79. The minimum Gasteiger partial charge on any atom is -0.444 e. The van der Waals surface area contributed by atoms with Crippen molar-refractivity contribution in [3.63, 3.8) is 0 Å². The Morgan fingerprint density at radius 1 is 1.26 bits per heavy atom. The zero-order valence-electron chi connectivity index (χ0n) is 13.8. The molecule has 1 aromatic rings. The molecule has 2 rings (SSSR count). The van der Waals surface area contributed by atoms with Gasteiger partial charge >= 0.3 is 6.09 Å². The maximum absolute atomic E-state index is 12.4. The van der Waals surface area contributed by atoms with Gasteiger partial charge in [0.05, 0.1) is 5.92 Å². The molecule has 0 saturated carbocycles. The lowest BCUT2D eigenvalue weighted by Crippen LogP contribution is -2.45.